The van der Waals surface area contributed by atoms with Crippen molar-refractivity contribution in [1.82, 2.24) is 9.55 Å². The van der Waals surface area contributed by atoms with E-state index >= 15 is 0 Å². The zero-order valence-electron chi connectivity index (χ0n) is 10.6. The maximum atomic E-state index is 12.3. The van der Waals surface area contributed by atoms with E-state index in [-0.39, 0.29) is 5.91 Å². The minimum absolute atomic E-state index is 0.0976. The summed E-state index contributed by atoms with van der Waals surface area (Å²) in [7, 11) is 0. The molecule has 0 unspecified atom stereocenters. The first-order chi connectivity index (χ1) is 9.19. The van der Waals surface area contributed by atoms with Crippen molar-refractivity contribution in [3.8, 4) is 0 Å². The summed E-state index contributed by atoms with van der Waals surface area (Å²) in [6, 6.07) is 3.99. The van der Waals surface area contributed by atoms with E-state index < -0.39 is 0 Å². The summed E-state index contributed by atoms with van der Waals surface area (Å²) < 4.78 is 3.17. The van der Waals surface area contributed by atoms with Crippen LogP contribution in [0.4, 0.5) is 5.13 Å². The van der Waals surface area contributed by atoms with Gasteiger partial charge in [0.2, 0.25) is 0 Å². The summed E-state index contributed by atoms with van der Waals surface area (Å²) in [5.41, 5.74) is 2.73. The molecule has 0 aliphatic rings. The van der Waals surface area contributed by atoms with E-state index in [0.717, 1.165) is 22.5 Å². The van der Waals surface area contributed by atoms with E-state index in [9.17, 15) is 4.79 Å². The van der Waals surface area contributed by atoms with Crippen molar-refractivity contribution in [1.29, 1.82) is 0 Å². The maximum absolute atomic E-state index is 12.3. The molecule has 4 nitrogen and oxygen atoms in total. The van der Waals surface area contributed by atoms with Gasteiger partial charge >= 0.3 is 0 Å². The van der Waals surface area contributed by atoms with E-state index in [1.54, 1.807) is 11.3 Å². The van der Waals surface area contributed by atoms with Gasteiger partial charge in [-0.1, -0.05) is 0 Å². The van der Waals surface area contributed by atoms with Gasteiger partial charge in [-0.2, -0.15) is 0 Å². The van der Waals surface area contributed by atoms with Gasteiger partial charge in [-0.25, -0.2) is 4.98 Å². The van der Waals surface area contributed by atoms with Crippen molar-refractivity contribution in [3.05, 3.63) is 34.3 Å². The normalized spacial score (nSPS) is 11.1. The van der Waals surface area contributed by atoms with Crippen molar-refractivity contribution in [3.63, 3.8) is 0 Å². The predicted octanol–water partition coefficient (Wildman–Crippen LogP) is 3.74. The van der Waals surface area contributed by atoms with Crippen LogP contribution in [0.5, 0.6) is 0 Å². The molecule has 0 aliphatic heterocycles. The molecule has 3 aromatic heterocycles. The molecule has 0 fully saturated rings. The average Bonchev–Trinajstić information content (AvgIpc) is 3.03. The Kier molecular flexibility index (Phi) is 3.12. The number of carbonyl (C=O) groups excluding carboxylic acids is 1. The number of aryl methyl sites for hydroxylation is 2. The zero-order chi connectivity index (χ0) is 13.4. The second-order valence-electron chi connectivity index (χ2n) is 4.19. The number of anilines is 1. The van der Waals surface area contributed by atoms with Gasteiger partial charge < -0.3 is 4.57 Å². The van der Waals surface area contributed by atoms with Crippen LogP contribution in [-0.2, 0) is 6.54 Å². The molecule has 0 aliphatic carbocycles. The number of hydrogen-bond acceptors (Lipinski definition) is 4. The highest BCUT2D eigenvalue weighted by Crippen LogP contribution is 2.26. The maximum Gasteiger partial charge on any atom is 0.274 e. The Bertz CT molecular complexity index is 738. The van der Waals surface area contributed by atoms with Crippen LogP contribution in [0.2, 0.25) is 0 Å². The van der Waals surface area contributed by atoms with Crippen LogP contribution in [0.25, 0.3) is 10.2 Å². The van der Waals surface area contributed by atoms with Crippen LogP contribution in [0.1, 0.15) is 23.1 Å². The SMILES string of the molecule is CCn1c(C(=O)Nc2nc(C)cs2)cc2sccc21. The highest BCUT2D eigenvalue weighted by molar-refractivity contribution is 7.17. The molecule has 3 aromatic rings. The molecule has 6 heteroatoms. The second-order valence-corrected chi connectivity index (χ2v) is 6.00. The van der Waals surface area contributed by atoms with E-state index in [1.165, 1.54) is 11.3 Å². The number of nitrogens with one attached hydrogen (secondary N) is 1. The van der Waals surface area contributed by atoms with Gasteiger partial charge in [-0.15, -0.1) is 22.7 Å². The summed E-state index contributed by atoms with van der Waals surface area (Å²) in [5, 5.41) is 7.47. The predicted molar refractivity (Wildman–Crippen MR) is 80.3 cm³/mol. The van der Waals surface area contributed by atoms with Gasteiger partial charge in [0, 0.05) is 11.9 Å². The standard InChI is InChI=1S/C13H13N3OS2/c1-3-16-9-4-5-18-11(9)6-10(16)12(17)15-13-14-8(2)7-19-13/h4-7H,3H2,1-2H3,(H,14,15,17). The fourth-order valence-electron chi connectivity index (χ4n) is 2.08. The molecular weight excluding hydrogens is 278 g/mol. The van der Waals surface area contributed by atoms with Gasteiger partial charge in [0.05, 0.1) is 15.9 Å². The highest BCUT2D eigenvalue weighted by atomic mass is 32.1. The van der Waals surface area contributed by atoms with Crippen LogP contribution in [0.3, 0.4) is 0 Å². The number of aromatic nitrogens is 2. The lowest BCUT2D eigenvalue weighted by atomic mass is 10.4. The zero-order valence-corrected chi connectivity index (χ0v) is 12.3. The number of rotatable bonds is 3. The fourth-order valence-corrected chi connectivity index (χ4v) is 3.58. The number of carbonyl (C=O) groups is 1. The van der Waals surface area contributed by atoms with Crippen molar-refractivity contribution in [2.75, 3.05) is 5.32 Å². The molecule has 0 radical (unpaired) electrons. The Morgan fingerprint density at radius 2 is 2.32 bits per heavy atom. The average molecular weight is 291 g/mol. The summed E-state index contributed by atoms with van der Waals surface area (Å²) in [5.74, 6) is -0.0976. The van der Waals surface area contributed by atoms with Crippen LogP contribution >= 0.6 is 22.7 Å². The smallest absolute Gasteiger partial charge is 0.274 e. The van der Waals surface area contributed by atoms with E-state index in [4.69, 9.17) is 0 Å². The Balaban J connectivity index is 1.94. The van der Waals surface area contributed by atoms with E-state index in [1.807, 2.05) is 41.3 Å². The Morgan fingerprint density at radius 1 is 1.47 bits per heavy atom. The topological polar surface area (TPSA) is 46.9 Å². The largest absolute Gasteiger partial charge is 0.336 e. The van der Waals surface area contributed by atoms with Gasteiger partial charge in [0.15, 0.2) is 5.13 Å². The molecule has 3 heterocycles. The number of fused-ring (bicyclic) bond motifs is 1. The molecule has 19 heavy (non-hydrogen) atoms. The van der Waals surface area contributed by atoms with Crippen LogP contribution in [-0.4, -0.2) is 15.5 Å². The highest BCUT2D eigenvalue weighted by Gasteiger charge is 2.16. The minimum atomic E-state index is -0.0976. The molecule has 0 atom stereocenters. The minimum Gasteiger partial charge on any atom is -0.336 e. The third-order valence-electron chi connectivity index (χ3n) is 2.91. The molecule has 0 saturated heterocycles. The summed E-state index contributed by atoms with van der Waals surface area (Å²) in [6.45, 7) is 4.73. The monoisotopic (exact) mass is 291 g/mol. The number of thiophene rings is 1. The Labute approximate surface area is 118 Å². The van der Waals surface area contributed by atoms with Crippen molar-refractivity contribution < 1.29 is 4.79 Å². The molecule has 3 rings (SSSR count). The van der Waals surface area contributed by atoms with E-state index in [0.29, 0.717) is 10.8 Å². The molecular formula is C13H13N3OS2. The van der Waals surface area contributed by atoms with E-state index in [2.05, 4.69) is 10.3 Å². The Morgan fingerprint density at radius 3 is 3.00 bits per heavy atom. The van der Waals surface area contributed by atoms with Gasteiger partial charge in [-0.3, -0.25) is 10.1 Å². The first kappa shape index (κ1) is 12.4. The van der Waals surface area contributed by atoms with Gasteiger partial charge in [0.1, 0.15) is 5.69 Å². The van der Waals surface area contributed by atoms with Crippen LogP contribution in [0.15, 0.2) is 22.9 Å². The Hall–Kier alpha value is -1.66. The number of hydrogen-bond donors (Lipinski definition) is 1. The van der Waals surface area contributed by atoms with Crippen LogP contribution in [0, 0.1) is 6.92 Å². The molecule has 0 saturated carbocycles. The summed E-state index contributed by atoms with van der Waals surface area (Å²) >= 11 is 3.10. The molecule has 1 N–H and O–H groups in total. The first-order valence-electron chi connectivity index (χ1n) is 5.99. The van der Waals surface area contributed by atoms with Crippen molar-refractivity contribution in [2.45, 2.75) is 20.4 Å². The van der Waals surface area contributed by atoms with Gasteiger partial charge in [0.25, 0.3) is 5.91 Å². The number of nitrogens with zero attached hydrogens (tertiary/aromatic N) is 2. The summed E-state index contributed by atoms with van der Waals surface area (Å²) in [4.78, 5) is 16.6. The van der Waals surface area contributed by atoms with Gasteiger partial charge in [-0.05, 0) is 31.4 Å². The number of amides is 1. The lowest BCUT2D eigenvalue weighted by Gasteiger charge is -2.06. The summed E-state index contributed by atoms with van der Waals surface area (Å²) in [6.07, 6.45) is 0. The molecule has 0 spiro atoms. The lowest BCUT2D eigenvalue weighted by Crippen LogP contribution is -2.16. The lowest BCUT2D eigenvalue weighted by molar-refractivity contribution is 0.101. The van der Waals surface area contributed by atoms with Crippen molar-refractivity contribution >= 4 is 43.9 Å². The van der Waals surface area contributed by atoms with Crippen molar-refractivity contribution in [2.24, 2.45) is 0 Å². The third-order valence-corrected chi connectivity index (χ3v) is 4.64. The molecule has 0 bridgehead atoms. The molecule has 1 amide bonds. The second kappa shape index (κ2) is 4.79. The molecule has 98 valence electrons. The molecule has 0 aromatic carbocycles. The third kappa shape index (κ3) is 2.17. The van der Waals surface area contributed by atoms with Crippen LogP contribution < -0.4 is 5.32 Å². The fraction of sp³-hybridized carbons (Fsp3) is 0.231. The quantitative estimate of drug-likeness (QED) is 0.799. The number of thiazole rings is 1. The first-order valence-corrected chi connectivity index (χ1v) is 7.75.